The van der Waals surface area contributed by atoms with Crippen LogP contribution in [0.2, 0.25) is 0 Å². The van der Waals surface area contributed by atoms with Crippen molar-refractivity contribution >= 4 is 0 Å². The van der Waals surface area contributed by atoms with E-state index in [1.807, 2.05) is 0 Å². The molecule has 2 aromatic rings. The first-order valence-electron chi connectivity index (χ1n) is 6.48. The Balaban J connectivity index is 2.17. The second-order valence-electron chi connectivity index (χ2n) is 4.98. The maximum Gasteiger partial charge on any atom is 0.163 e. The molecule has 0 amide bonds. The van der Waals surface area contributed by atoms with Crippen LogP contribution in [-0.4, -0.2) is 11.9 Å². The Morgan fingerprint density at radius 2 is 1.67 bits per heavy atom. The highest BCUT2D eigenvalue weighted by Crippen LogP contribution is 2.23. The second-order valence-corrected chi connectivity index (χ2v) is 4.98. The largest absolute Gasteiger partial charge is 0.295 e. The highest BCUT2D eigenvalue weighted by Gasteiger charge is 2.16. The third kappa shape index (κ3) is 3.42. The molecule has 0 radical (unpaired) electrons. The Hall–Kier alpha value is -1.88. The van der Waals surface area contributed by atoms with Crippen molar-refractivity contribution in [3.63, 3.8) is 0 Å². The van der Waals surface area contributed by atoms with Gasteiger partial charge in [0.15, 0.2) is 23.3 Å². The monoisotopic (exact) mass is 297 g/mol. The van der Waals surface area contributed by atoms with Gasteiger partial charge in [-0.05, 0) is 37.7 Å². The molecule has 2 aromatic carbocycles. The fourth-order valence-electron chi connectivity index (χ4n) is 2.10. The summed E-state index contributed by atoms with van der Waals surface area (Å²) in [6.07, 6.45) is 0. The molecule has 0 spiro atoms. The summed E-state index contributed by atoms with van der Waals surface area (Å²) in [5, 5.41) is 0. The van der Waals surface area contributed by atoms with E-state index in [4.69, 9.17) is 0 Å². The zero-order valence-corrected chi connectivity index (χ0v) is 11.7. The number of hydrogen-bond acceptors (Lipinski definition) is 1. The molecule has 0 fully saturated rings. The summed E-state index contributed by atoms with van der Waals surface area (Å²) >= 11 is 0. The highest BCUT2D eigenvalue weighted by molar-refractivity contribution is 5.22. The standard InChI is InChI=1S/C16H15F4N/c1-10(11-6-7-13(17)15(19)8-11)21(2)9-12-4-3-5-14(18)16(12)20/h3-8,10H,9H2,1-2H3. The van der Waals surface area contributed by atoms with Crippen molar-refractivity contribution in [2.24, 2.45) is 0 Å². The van der Waals surface area contributed by atoms with Crippen molar-refractivity contribution in [3.8, 4) is 0 Å². The summed E-state index contributed by atoms with van der Waals surface area (Å²) in [4.78, 5) is 1.73. The van der Waals surface area contributed by atoms with Crippen molar-refractivity contribution in [2.45, 2.75) is 19.5 Å². The smallest absolute Gasteiger partial charge is 0.163 e. The van der Waals surface area contributed by atoms with Gasteiger partial charge in [0.05, 0.1) is 0 Å². The molecule has 1 unspecified atom stereocenters. The van der Waals surface area contributed by atoms with Crippen LogP contribution in [0.1, 0.15) is 24.1 Å². The van der Waals surface area contributed by atoms with E-state index in [0.29, 0.717) is 5.56 Å². The fourth-order valence-corrected chi connectivity index (χ4v) is 2.10. The maximum atomic E-state index is 13.6. The van der Waals surface area contributed by atoms with Gasteiger partial charge in [-0.1, -0.05) is 18.2 Å². The topological polar surface area (TPSA) is 3.24 Å². The highest BCUT2D eigenvalue weighted by atomic mass is 19.2. The average Bonchev–Trinajstić information content (AvgIpc) is 2.46. The molecule has 0 aromatic heterocycles. The summed E-state index contributed by atoms with van der Waals surface area (Å²) in [6, 6.07) is 7.34. The van der Waals surface area contributed by atoms with E-state index in [0.717, 1.165) is 18.2 Å². The van der Waals surface area contributed by atoms with Gasteiger partial charge in [0.1, 0.15) is 0 Å². The molecular formula is C16H15F4N. The molecular weight excluding hydrogens is 282 g/mol. The minimum atomic E-state index is -0.926. The quantitative estimate of drug-likeness (QED) is 0.754. The fraction of sp³-hybridized carbons (Fsp3) is 0.250. The van der Waals surface area contributed by atoms with Crippen molar-refractivity contribution < 1.29 is 17.6 Å². The number of hydrogen-bond donors (Lipinski definition) is 0. The van der Waals surface area contributed by atoms with Gasteiger partial charge in [-0.3, -0.25) is 4.90 Å². The van der Waals surface area contributed by atoms with Crippen LogP contribution in [0.15, 0.2) is 36.4 Å². The lowest BCUT2D eigenvalue weighted by molar-refractivity contribution is 0.247. The minimum absolute atomic E-state index is 0.157. The van der Waals surface area contributed by atoms with Crippen LogP contribution in [0, 0.1) is 23.3 Å². The predicted molar refractivity (Wildman–Crippen MR) is 72.6 cm³/mol. The summed E-state index contributed by atoms with van der Waals surface area (Å²) in [5.41, 5.74) is 0.778. The first-order chi connectivity index (χ1) is 9.90. The molecule has 112 valence electrons. The van der Waals surface area contributed by atoms with E-state index in [2.05, 4.69) is 0 Å². The lowest BCUT2D eigenvalue weighted by Crippen LogP contribution is -2.22. The van der Waals surface area contributed by atoms with Gasteiger partial charge in [-0.2, -0.15) is 0 Å². The van der Waals surface area contributed by atoms with Crippen LogP contribution in [0.5, 0.6) is 0 Å². The first kappa shape index (κ1) is 15.5. The Labute approximate surface area is 120 Å². The molecule has 0 bridgehead atoms. The van der Waals surface area contributed by atoms with Gasteiger partial charge < -0.3 is 0 Å². The van der Waals surface area contributed by atoms with Gasteiger partial charge in [0, 0.05) is 18.2 Å². The zero-order chi connectivity index (χ0) is 15.6. The van der Waals surface area contributed by atoms with Gasteiger partial charge in [0.2, 0.25) is 0 Å². The van der Waals surface area contributed by atoms with E-state index in [9.17, 15) is 17.6 Å². The lowest BCUT2D eigenvalue weighted by Gasteiger charge is -2.25. The minimum Gasteiger partial charge on any atom is -0.295 e. The van der Waals surface area contributed by atoms with Crippen molar-refractivity contribution in [3.05, 3.63) is 70.8 Å². The van der Waals surface area contributed by atoms with Crippen molar-refractivity contribution in [1.82, 2.24) is 4.90 Å². The number of benzene rings is 2. The van der Waals surface area contributed by atoms with E-state index < -0.39 is 23.3 Å². The molecule has 1 nitrogen and oxygen atoms in total. The first-order valence-corrected chi connectivity index (χ1v) is 6.48. The Bertz CT molecular complexity index is 642. The van der Waals surface area contributed by atoms with Crippen LogP contribution >= 0.6 is 0 Å². The predicted octanol–water partition coefficient (Wildman–Crippen LogP) is 4.44. The molecule has 2 rings (SSSR count). The molecule has 5 heteroatoms. The Morgan fingerprint density at radius 3 is 2.33 bits per heavy atom. The van der Waals surface area contributed by atoms with Crippen molar-refractivity contribution in [2.75, 3.05) is 7.05 Å². The average molecular weight is 297 g/mol. The van der Waals surface area contributed by atoms with Crippen LogP contribution in [0.25, 0.3) is 0 Å². The van der Waals surface area contributed by atoms with Crippen LogP contribution < -0.4 is 0 Å². The normalized spacial score (nSPS) is 12.7. The van der Waals surface area contributed by atoms with Gasteiger partial charge in [0.25, 0.3) is 0 Å². The molecule has 0 saturated carbocycles. The molecule has 0 aliphatic rings. The number of rotatable bonds is 4. The van der Waals surface area contributed by atoms with Crippen LogP contribution in [0.3, 0.4) is 0 Å². The van der Waals surface area contributed by atoms with E-state index in [-0.39, 0.29) is 18.2 Å². The second kappa shape index (κ2) is 6.26. The molecule has 0 aliphatic heterocycles. The molecule has 21 heavy (non-hydrogen) atoms. The summed E-state index contributed by atoms with van der Waals surface area (Å²) in [7, 11) is 1.70. The SMILES string of the molecule is CC(c1ccc(F)c(F)c1)N(C)Cc1cccc(F)c1F. The Kier molecular flexibility index (Phi) is 4.63. The maximum absolute atomic E-state index is 13.6. The van der Waals surface area contributed by atoms with E-state index in [1.165, 1.54) is 18.2 Å². The summed E-state index contributed by atoms with van der Waals surface area (Å²) < 4.78 is 53.0. The van der Waals surface area contributed by atoms with Gasteiger partial charge >= 0.3 is 0 Å². The van der Waals surface area contributed by atoms with E-state index >= 15 is 0 Å². The molecule has 0 saturated heterocycles. The third-order valence-electron chi connectivity index (χ3n) is 3.54. The summed E-state index contributed by atoms with van der Waals surface area (Å²) in [5.74, 6) is -3.63. The number of nitrogens with zero attached hydrogens (tertiary/aromatic N) is 1. The number of halogens is 4. The van der Waals surface area contributed by atoms with Crippen molar-refractivity contribution in [1.29, 1.82) is 0 Å². The zero-order valence-electron chi connectivity index (χ0n) is 11.7. The van der Waals surface area contributed by atoms with Crippen LogP contribution in [0.4, 0.5) is 17.6 Å². The van der Waals surface area contributed by atoms with Gasteiger partial charge in [-0.15, -0.1) is 0 Å². The molecule has 0 aliphatic carbocycles. The third-order valence-corrected chi connectivity index (χ3v) is 3.54. The van der Waals surface area contributed by atoms with E-state index in [1.54, 1.807) is 18.9 Å². The summed E-state index contributed by atoms with van der Waals surface area (Å²) in [6.45, 7) is 1.94. The molecule has 1 atom stereocenters. The molecule has 0 N–H and O–H groups in total. The Morgan fingerprint density at radius 1 is 0.952 bits per heavy atom. The van der Waals surface area contributed by atoms with Crippen LogP contribution in [-0.2, 0) is 6.54 Å². The molecule has 0 heterocycles. The lowest BCUT2D eigenvalue weighted by atomic mass is 10.1. The van der Waals surface area contributed by atoms with Gasteiger partial charge in [-0.25, -0.2) is 17.6 Å².